The monoisotopic (exact) mass is 1340 g/mol. The van der Waals surface area contributed by atoms with Crippen LogP contribution in [0.5, 0.6) is 0 Å². The van der Waals surface area contributed by atoms with Gasteiger partial charge in [-0.2, -0.15) is 0 Å². The molecule has 0 saturated carbocycles. The summed E-state index contributed by atoms with van der Waals surface area (Å²) in [7, 11) is 1.13. The molecule has 2 unspecified atom stereocenters. The summed E-state index contributed by atoms with van der Waals surface area (Å²) < 4.78 is 34.3. The van der Waals surface area contributed by atoms with Crippen molar-refractivity contribution in [3.63, 3.8) is 0 Å². The lowest BCUT2D eigenvalue weighted by atomic mass is 10.1. The zero-order valence-electron chi connectivity index (χ0n) is 61.2. The SMILES string of the molecule is CC/C=C\C/C=C\C/C=C\C/C=C\C/C=C\C/C=C\C/C=C\C/C=C\C/C=C\CCCCCCCCCCCC(=O)OC(COC(=O)CCCCCCCCC/C=C\C/C=C\C/C=C\C/C=C\C/C=C\C/C=C\C/C=C\C/C=C\C/C=C\CC)COP(=O)([O-])OCC[N+](C)(C)C. The van der Waals surface area contributed by atoms with Gasteiger partial charge in [-0.05, 0) is 154 Å². The standard InChI is InChI=1S/C86H136NO8P/c1-6-8-10-12-14-16-18-20-22-24-26-28-30-32-34-36-38-40-42-43-45-47-49-51-53-55-57-59-61-63-65-67-69-71-73-75-77-79-86(89)95-84(83-94-96(90,91)93-81-80-87(3,4)5)82-92-85(88)78-76-74-72-70-68-66-64-62-60-58-56-54-52-50-48-46-44-41-39-37-35-33-31-29-27-25-23-21-19-17-15-13-11-9-7-2/h8-11,14-17,20-23,26-29,32-35,38-41,43,45-46,48-49,51-52,54-55,57-58,60,84H,6-7,12-13,18-19,24-25,30-31,36-37,42,44,47,50,53,56,59,61-83H2,1-5H3/b10-8-,11-9-,16-14-,17-15-,22-20-,23-21-,28-26-,29-27-,34-32-,35-33-,40-38-,41-39-,45-43-,48-46-,51-49-,54-52-,57-55-,60-58-. The van der Waals surface area contributed by atoms with Gasteiger partial charge in [-0.1, -0.05) is 310 Å². The number of carbonyl (C=O) groups is 2. The summed E-state index contributed by atoms with van der Waals surface area (Å²) in [5.74, 6) is -0.868. The number of allylic oxidation sites excluding steroid dienone is 36. The minimum absolute atomic E-state index is 0.0459. The fourth-order valence-corrected chi connectivity index (χ4v) is 10.1. The Morgan fingerprint density at radius 3 is 0.833 bits per heavy atom. The van der Waals surface area contributed by atoms with E-state index in [0.29, 0.717) is 23.9 Å². The number of unbranched alkanes of at least 4 members (excludes halogenated alkanes) is 16. The molecule has 96 heavy (non-hydrogen) atoms. The summed E-state index contributed by atoms with van der Waals surface area (Å²) in [6, 6.07) is 0. The van der Waals surface area contributed by atoms with Crippen LogP contribution in [0.2, 0.25) is 0 Å². The highest BCUT2D eigenvalue weighted by Gasteiger charge is 2.22. The van der Waals surface area contributed by atoms with E-state index in [0.717, 1.165) is 167 Å². The van der Waals surface area contributed by atoms with E-state index in [2.05, 4.69) is 233 Å². The average Bonchev–Trinajstić information content (AvgIpc) is 2.72. The van der Waals surface area contributed by atoms with E-state index < -0.39 is 32.5 Å². The fourth-order valence-electron chi connectivity index (χ4n) is 9.35. The second-order valence-corrected chi connectivity index (χ2v) is 26.6. The first-order chi connectivity index (χ1) is 47.0. The van der Waals surface area contributed by atoms with E-state index >= 15 is 0 Å². The van der Waals surface area contributed by atoms with Gasteiger partial charge < -0.3 is 27.9 Å². The summed E-state index contributed by atoms with van der Waals surface area (Å²) >= 11 is 0. The Balaban J connectivity index is 4.16. The van der Waals surface area contributed by atoms with Crippen LogP contribution < -0.4 is 4.89 Å². The third-order valence-corrected chi connectivity index (χ3v) is 16.0. The quantitative estimate of drug-likeness (QED) is 0.0195. The molecule has 0 aliphatic rings. The summed E-state index contributed by atoms with van der Waals surface area (Å²) in [4.78, 5) is 38.1. The normalized spacial score (nSPS) is 14.4. The maximum Gasteiger partial charge on any atom is 0.306 e. The Morgan fingerprint density at radius 1 is 0.323 bits per heavy atom. The van der Waals surface area contributed by atoms with Crippen molar-refractivity contribution in [1.82, 2.24) is 0 Å². The number of quaternary nitrogens is 1. The van der Waals surface area contributed by atoms with Crippen molar-refractivity contribution >= 4 is 19.8 Å². The van der Waals surface area contributed by atoms with Crippen molar-refractivity contribution in [3.05, 3.63) is 219 Å². The van der Waals surface area contributed by atoms with Crippen molar-refractivity contribution in [3.8, 4) is 0 Å². The van der Waals surface area contributed by atoms with Crippen LogP contribution >= 0.6 is 7.82 Å². The Labute approximate surface area is 588 Å². The molecule has 2 atom stereocenters. The van der Waals surface area contributed by atoms with Crippen LogP contribution in [0.4, 0.5) is 0 Å². The highest BCUT2D eigenvalue weighted by molar-refractivity contribution is 7.45. The smallest absolute Gasteiger partial charge is 0.306 e. The molecular weight excluding hydrogens is 1210 g/mol. The first-order valence-corrected chi connectivity index (χ1v) is 38.9. The molecule has 0 bridgehead atoms. The van der Waals surface area contributed by atoms with Gasteiger partial charge in [0.25, 0.3) is 7.82 Å². The molecule has 0 aliphatic carbocycles. The maximum absolute atomic E-state index is 12.9. The number of phosphoric acid groups is 1. The largest absolute Gasteiger partial charge is 0.756 e. The van der Waals surface area contributed by atoms with Crippen molar-refractivity contribution < 1.29 is 42.1 Å². The zero-order valence-corrected chi connectivity index (χ0v) is 62.1. The van der Waals surface area contributed by atoms with Gasteiger partial charge >= 0.3 is 11.9 Å². The molecule has 0 aliphatic heterocycles. The highest BCUT2D eigenvalue weighted by Crippen LogP contribution is 2.38. The van der Waals surface area contributed by atoms with Crippen LogP contribution in [0.15, 0.2) is 219 Å². The third-order valence-electron chi connectivity index (χ3n) is 15.0. The van der Waals surface area contributed by atoms with Crippen LogP contribution in [-0.2, 0) is 32.7 Å². The molecule has 0 heterocycles. The molecule has 0 fully saturated rings. The van der Waals surface area contributed by atoms with Gasteiger partial charge in [0, 0.05) is 12.8 Å². The van der Waals surface area contributed by atoms with Crippen molar-refractivity contribution in [2.45, 2.75) is 264 Å². The molecule has 0 rings (SSSR count). The molecule has 0 saturated heterocycles. The minimum Gasteiger partial charge on any atom is -0.756 e. The number of phosphoric ester groups is 1. The minimum atomic E-state index is -4.67. The van der Waals surface area contributed by atoms with Gasteiger partial charge in [0.1, 0.15) is 19.8 Å². The number of rotatable bonds is 66. The Morgan fingerprint density at radius 2 is 0.562 bits per heavy atom. The molecule has 0 radical (unpaired) electrons. The predicted octanol–water partition coefficient (Wildman–Crippen LogP) is 24.5. The van der Waals surface area contributed by atoms with Gasteiger partial charge in [0.2, 0.25) is 0 Å². The molecule has 9 nitrogen and oxygen atoms in total. The van der Waals surface area contributed by atoms with E-state index in [9.17, 15) is 19.0 Å². The highest BCUT2D eigenvalue weighted by atomic mass is 31.2. The number of likely N-dealkylation sites (N-methyl/N-ethyl adjacent to an activating group) is 1. The van der Waals surface area contributed by atoms with Crippen LogP contribution in [0.3, 0.4) is 0 Å². The fraction of sp³-hybridized carbons (Fsp3) is 0.558. The molecular formula is C86H136NO8P. The van der Waals surface area contributed by atoms with E-state index in [1.807, 2.05) is 21.1 Å². The molecule has 0 aromatic carbocycles. The number of nitrogens with zero attached hydrogens (tertiary/aromatic N) is 1. The van der Waals surface area contributed by atoms with Crippen LogP contribution in [-0.4, -0.2) is 70.0 Å². The van der Waals surface area contributed by atoms with E-state index in [4.69, 9.17) is 18.5 Å². The number of ether oxygens (including phenoxy) is 2. The van der Waals surface area contributed by atoms with Crippen molar-refractivity contribution in [2.24, 2.45) is 0 Å². The van der Waals surface area contributed by atoms with Gasteiger partial charge in [-0.3, -0.25) is 14.2 Å². The van der Waals surface area contributed by atoms with Crippen LogP contribution in [0.25, 0.3) is 0 Å². The molecule has 538 valence electrons. The van der Waals surface area contributed by atoms with E-state index in [-0.39, 0.29) is 26.1 Å². The second-order valence-electron chi connectivity index (χ2n) is 25.2. The molecule has 10 heteroatoms. The number of hydrogen-bond donors (Lipinski definition) is 0. The summed E-state index contributed by atoms with van der Waals surface area (Å²) in [6.07, 6.45) is 117. The maximum atomic E-state index is 12.9. The molecule has 0 amide bonds. The van der Waals surface area contributed by atoms with Gasteiger partial charge in [0.05, 0.1) is 27.7 Å². The topological polar surface area (TPSA) is 111 Å². The molecule has 0 N–H and O–H groups in total. The van der Waals surface area contributed by atoms with Gasteiger partial charge in [0.15, 0.2) is 6.10 Å². The number of esters is 2. The zero-order chi connectivity index (χ0) is 69.7. The van der Waals surface area contributed by atoms with Crippen LogP contribution in [0, 0.1) is 0 Å². The second kappa shape index (κ2) is 73.6. The van der Waals surface area contributed by atoms with Crippen LogP contribution in [0.1, 0.15) is 258 Å². The Hall–Kier alpha value is -5.67. The number of hydrogen-bond acceptors (Lipinski definition) is 8. The van der Waals surface area contributed by atoms with Gasteiger partial charge in [-0.15, -0.1) is 0 Å². The first kappa shape index (κ1) is 90.3. The average molecular weight is 1340 g/mol. The summed E-state index contributed by atoms with van der Waals surface area (Å²) in [6.45, 7) is 3.97. The van der Waals surface area contributed by atoms with Crippen molar-refractivity contribution in [2.75, 3.05) is 47.5 Å². The van der Waals surface area contributed by atoms with Crippen molar-refractivity contribution in [1.29, 1.82) is 0 Å². The summed E-state index contributed by atoms with van der Waals surface area (Å²) in [5.41, 5.74) is 0. The van der Waals surface area contributed by atoms with E-state index in [1.54, 1.807) is 0 Å². The lowest BCUT2D eigenvalue weighted by molar-refractivity contribution is -0.870. The first-order valence-electron chi connectivity index (χ1n) is 37.4. The number of carbonyl (C=O) groups excluding carboxylic acids is 2. The third kappa shape index (κ3) is 77.3. The molecule has 0 aromatic heterocycles. The Bertz CT molecular complexity index is 2430. The summed E-state index contributed by atoms with van der Waals surface area (Å²) in [5, 5.41) is 0. The lowest BCUT2D eigenvalue weighted by Crippen LogP contribution is -2.37. The molecule has 0 aromatic rings. The lowest BCUT2D eigenvalue weighted by Gasteiger charge is -2.28. The molecule has 0 spiro atoms. The van der Waals surface area contributed by atoms with E-state index in [1.165, 1.54) is 51.4 Å². The Kier molecular flexibility index (Phi) is 69.2. The predicted molar refractivity (Wildman–Crippen MR) is 415 cm³/mol. The van der Waals surface area contributed by atoms with Gasteiger partial charge in [-0.25, -0.2) is 0 Å².